The van der Waals surface area contributed by atoms with Crippen LogP contribution in [0.25, 0.3) is 0 Å². The molecule has 1 aliphatic carbocycles. The molecule has 2 atom stereocenters. The normalized spacial score (nSPS) is 14.6. The Balaban J connectivity index is 2.38. The Labute approximate surface area is 223 Å². The zero-order valence-corrected chi connectivity index (χ0v) is 22.9. The van der Waals surface area contributed by atoms with E-state index in [2.05, 4.69) is 10.6 Å². The number of nitrogens with one attached hydrogen (secondary N) is 2. The van der Waals surface area contributed by atoms with Crippen LogP contribution in [0.1, 0.15) is 77.5 Å². The van der Waals surface area contributed by atoms with Crippen molar-refractivity contribution >= 4 is 29.8 Å². The molecule has 0 spiro atoms. The molecule has 0 radical (unpaired) electrons. The fourth-order valence-electron chi connectivity index (χ4n) is 3.89. The molecule has 38 heavy (non-hydrogen) atoms. The number of aryl methyl sites for hydroxylation is 1. The molecule has 1 saturated carbocycles. The number of rotatable bonds is 13. The molecule has 0 saturated heterocycles. The Morgan fingerprint density at radius 2 is 1.71 bits per heavy atom. The fraction of sp³-hybridized carbons (Fsp3) is 0.593. The minimum absolute atomic E-state index is 0.0226. The molecular formula is C27H40N4O7. The third-order valence-electron chi connectivity index (χ3n) is 5.75. The largest absolute Gasteiger partial charge is 0.466 e. The smallest absolute Gasteiger partial charge is 0.408 e. The molecule has 2 unspecified atom stereocenters. The lowest BCUT2D eigenvalue weighted by Gasteiger charge is -2.34. The predicted octanol–water partition coefficient (Wildman–Crippen LogP) is 2.12. The highest BCUT2D eigenvalue weighted by Crippen LogP contribution is 2.36. The van der Waals surface area contributed by atoms with E-state index < -0.39 is 53.9 Å². The number of hydrogen-bond acceptors (Lipinski definition) is 7. The first-order chi connectivity index (χ1) is 17.9. The average Bonchev–Trinajstić information content (AvgIpc) is 3.65. The van der Waals surface area contributed by atoms with Gasteiger partial charge in [-0.05, 0) is 58.1 Å². The number of esters is 1. The molecule has 1 aliphatic rings. The standard InChI is InChI=1S/C27H40N4O7/c1-6-17-8-10-18(11-9-17)23(24(34)29-15-14-22(33)37-7-2)31(19-12-13-19)25(35)20(16-21(28)32)30-26(36)38-27(3,4)5/h8-11,19-20,23H,6-7,12-16H2,1-5H3,(H2,28,32)(H,29,34)(H,30,36). The van der Waals surface area contributed by atoms with Crippen LogP contribution in [0.3, 0.4) is 0 Å². The molecule has 210 valence electrons. The van der Waals surface area contributed by atoms with E-state index >= 15 is 0 Å². The second-order valence-corrected chi connectivity index (χ2v) is 10.2. The molecule has 0 heterocycles. The summed E-state index contributed by atoms with van der Waals surface area (Å²) in [5.41, 5.74) is 6.18. The van der Waals surface area contributed by atoms with Crippen LogP contribution in [0.4, 0.5) is 4.79 Å². The number of primary amides is 1. The van der Waals surface area contributed by atoms with E-state index in [1.54, 1.807) is 39.8 Å². The predicted molar refractivity (Wildman–Crippen MR) is 140 cm³/mol. The van der Waals surface area contributed by atoms with E-state index in [0.29, 0.717) is 18.4 Å². The van der Waals surface area contributed by atoms with Crippen LogP contribution in [0.2, 0.25) is 0 Å². The summed E-state index contributed by atoms with van der Waals surface area (Å²) in [6.07, 6.45) is 0.733. The van der Waals surface area contributed by atoms with E-state index in [0.717, 1.165) is 12.0 Å². The van der Waals surface area contributed by atoms with Crippen LogP contribution in [-0.4, -0.2) is 65.5 Å². The van der Waals surface area contributed by atoms with Gasteiger partial charge in [0.25, 0.3) is 0 Å². The molecule has 4 N–H and O–H groups in total. The number of nitrogens with zero attached hydrogens (tertiary/aromatic N) is 1. The molecule has 2 rings (SSSR count). The Kier molecular flexibility index (Phi) is 11.1. The van der Waals surface area contributed by atoms with Crippen molar-refractivity contribution in [3.8, 4) is 0 Å². The maximum Gasteiger partial charge on any atom is 0.408 e. The first-order valence-corrected chi connectivity index (χ1v) is 13.0. The van der Waals surface area contributed by atoms with Gasteiger partial charge in [-0.15, -0.1) is 0 Å². The van der Waals surface area contributed by atoms with Crippen LogP contribution in [0.15, 0.2) is 24.3 Å². The van der Waals surface area contributed by atoms with Gasteiger partial charge >= 0.3 is 12.1 Å². The Bertz CT molecular complexity index is 1000. The van der Waals surface area contributed by atoms with Gasteiger partial charge < -0.3 is 30.7 Å². The number of alkyl carbamates (subject to hydrolysis) is 1. The summed E-state index contributed by atoms with van der Waals surface area (Å²) in [5.74, 6) is -2.36. The lowest BCUT2D eigenvalue weighted by molar-refractivity contribution is -0.145. The highest BCUT2D eigenvalue weighted by molar-refractivity contribution is 5.95. The zero-order chi connectivity index (χ0) is 28.5. The first kappa shape index (κ1) is 30.6. The van der Waals surface area contributed by atoms with Gasteiger partial charge in [0.15, 0.2) is 0 Å². The third-order valence-corrected chi connectivity index (χ3v) is 5.75. The SMILES string of the molecule is CCOC(=O)CCNC(=O)C(c1ccc(CC)cc1)N(C(=O)C(CC(N)=O)NC(=O)OC(C)(C)C)C1CC1. The minimum Gasteiger partial charge on any atom is -0.466 e. The number of benzene rings is 1. The van der Waals surface area contributed by atoms with Crippen molar-refractivity contribution in [1.82, 2.24) is 15.5 Å². The maximum absolute atomic E-state index is 13.9. The van der Waals surface area contributed by atoms with Crippen molar-refractivity contribution in [2.75, 3.05) is 13.2 Å². The summed E-state index contributed by atoms with van der Waals surface area (Å²) in [6, 6.07) is 4.66. The molecule has 11 nitrogen and oxygen atoms in total. The zero-order valence-electron chi connectivity index (χ0n) is 22.9. The second-order valence-electron chi connectivity index (χ2n) is 10.2. The fourth-order valence-corrected chi connectivity index (χ4v) is 3.89. The number of nitrogens with two attached hydrogens (primary N) is 1. The van der Waals surface area contributed by atoms with Gasteiger partial charge in [0, 0.05) is 12.6 Å². The van der Waals surface area contributed by atoms with Crippen LogP contribution in [0.5, 0.6) is 0 Å². The van der Waals surface area contributed by atoms with Crippen LogP contribution in [-0.2, 0) is 35.1 Å². The first-order valence-electron chi connectivity index (χ1n) is 13.0. The van der Waals surface area contributed by atoms with Crippen molar-refractivity contribution in [2.45, 2.75) is 90.4 Å². The lowest BCUT2D eigenvalue weighted by atomic mass is 9.99. The molecule has 0 aromatic heterocycles. The highest BCUT2D eigenvalue weighted by atomic mass is 16.6. The number of ether oxygens (including phenoxy) is 2. The molecule has 0 aliphatic heterocycles. The van der Waals surface area contributed by atoms with Gasteiger partial charge in [-0.1, -0.05) is 31.2 Å². The molecule has 1 aromatic carbocycles. The van der Waals surface area contributed by atoms with E-state index in [1.807, 2.05) is 19.1 Å². The summed E-state index contributed by atoms with van der Waals surface area (Å²) < 4.78 is 10.2. The summed E-state index contributed by atoms with van der Waals surface area (Å²) in [5, 5.41) is 5.19. The number of amides is 4. The van der Waals surface area contributed by atoms with Crippen LogP contribution in [0, 0.1) is 0 Å². The van der Waals surface area contributed by atoms with Gasteiger partial charge in [0.05, 0.1) is 19.4 Å². The Morgan fingerprint density at radius 3 is 2.21 bits per heavy atom. The lowest BCUT2D eigenvalue weighted by Crippen LogP contribution is -2.54. The van der Waals surface area contributed by atoms with E-state index in [-0.39, 0.29) is 25.6 Å². The number of carbonyl (C=O) groups is 5. The third kappa shape index (κ3) is 9.68. The molecular weight excluding hydrogens is 492 g/mol. The molecule has 1 fully saturated rings. The van der Waals surface area contributed by atoms with Crippen LogP contribution < -0.4 is 16.4 Å². The molecule has 1 aromatic rings. The van der Waals surface area contributed by atoms with Crippen molar-refractivity contribution in [1.29, 1.82) is 0 Å². The Morgan fingerprint density at radius 1 is 1.08 bits per heavy atom. The van der Waals surface area contributed by atoms with Gasteiger partial charge in [0.1, 0.15) is 17.7 Å². The van der Waals surface area contributed by atoms with Gasteiger partial charge in [-0.25, -0.2) is 4.79 Å². The van der Waals surface area contributed by atoms with Gasteiger partial charge in [-0.3, -0.25) is 19.2 Å². The maximum atomic E-state index is 13.9. The van der Waals surface area contributed by atoms with E-state index in [4.69, 9.17) is 15.2 Å². The molecule has 4 amide bonds. The monoisotopic (exact) mass is 532 g/mol. The van der Waals surface area contributed by atoms with E-state index in [9.17, 15) is 24.0 Å². The molecule has 0 bridgehead atoms. The summed E-state index contributed by atoms with van der Waals surface area (Å²) >= 11 is 0. The number of hydrogen-bond donors (Lipinski definition) is 3. The van der Waals surface area contributed by atoms with Gasteiger partial charge in [0.2, 0.25) is 17.7 Å². The summed E-state index contributed by atoms with van der Waals surface area (Å²) in [6.45, 7) is 8.97. The van der Waals surface area contributed by atoms with Crippen molar-refractivity contribution in [2.24, 2.45) is 5.73 Å². The topological polar surface area (TPSA) is 157 Å². The Hall–Kier alpha value is -3.63. The summed E-state index contributed by atoms with van der Waals surface area (Å²) in [4.78, 5) is 64.9. The van der Waals surface area contributed by atoms with Crippen LogP contribution >= 0.6 is 0 Å². The van der Waals surface area contributed by atoms with Gasteiger partial charge in [-0.2, -0.15) is 0 Å². The van der Waals surface area contributed by atoms with Crippen molar-refractivity contribution < 1.29 is 33.4 Å². The second kappa shape index (κ2) is 13.8. The van der Waals surface area contributed by atoms with E-state index in [1.165, 1.54) is 4.90 Å². The molecule has 11 heteroatoms. The number of carbonyl (C=O) groups excluding carboxylic acids is 5. The van der Waals surface area contributed by atoms with Crippen molar-refractivity contribution in [3.05, 3.63) is 35.4 Å². The quantitative estimate of drug-likeness (QED) is 0.328. The highest BCUT2D eigenvalue weighted by Gasteiger charge is 2.44. The average molecular weight is 533 g/mol. The summed E-state index contributed by atoms with van der Waals surface area (Å²) in [7, 11) is 0. The minimum atomic E-state index is -1.33. The van der Waals surface area contributed by atoms with Crippen molar-refractivity contribution in [3.63, 3.8) is 0 Å².